The number of oxazole rings is 1. The number of aromatic nitrogens is 2. The van der Waals surface area contributed by atoms with Crippen LogP contribution in [0.15, 0.2) is 59.6 Å². The van der Waals surface area contributed by atoms with Crippen molar-refractivity contribution in [3.63, 3.8) is 0 Å². The van der Waals surface area contributed by atoms with Crippen molar-refractivity contribution in [3.8, 4) is 11.3 Å². The van der Waals surface area contributed by atoms with Crippen LogP contribution in [0.4, 0.5) is 5.69 Å². The number of benzene rings is 1. The topological polar surface area (TPSA) is 68.0 Å². The molecule has 4 rings (SSSR count). The summed E-state index contributed by atoms with van der Waals surface area (Å²) in [6, 6.07) is 11.6. The second kappa shape index (κ2) is 6.28. The van der Waals surface area contributed by atoms with Crippen LogP contribution in [0.1, 0.15) is 30.0 Å². The van der Waals surface area contributed by atoms with Crippen LogP contribution < -0.4 is 5.32 Å². The van der Waals surface area contributed by atoms with Crippen molar-refractivity contribution in [1.82, 2.24) is 9.97 Å². The summed E-state index contributed by atoms with van der Waals surface area (Å²) >= 11 is 0. The van der Waals surface area contributed by atoms with Crippen molar-refractivity contribution in [2.45, 2.75) is 25.2 Å². The van der Waals surface area contributed by atoms with Gasteiger partial charge in [0.15, 0.2) is 12.2 Å². The van der Waals surface area contributed by atoms with E-state index in [0.717, 1.165) is 36.2 Å². The van der Waals surface area contributed by atoms with Gasteiger partial charge >= 0.3 is 0 Å². The molecule has 24 heavy (non-hydrogen) atoms. The van der Waals surface area contributed by atoms with Crippen LogP contribution in [0, 0.1) is 0 Å². The normalized spacial score (nSPS) is 16.4. The van der Waals surface area contributed by atoms with Gasteiger partial charge in [0.2, 0.25) is 5.91 Å². The molecule has 1 amide bonds. The van der Waals surface area contributed by atoms with Crippen LogP contribution in [0.25, 0.3) is 11.3 Å². The molecule has 0 aliphatic heterocycles. The van der Waals surface area contributed by atoms with E-state index in [1.54, 1.807) is 12.4 Å². The van der Waals surface area contributed by atoms with Crippen LogP contribution in [0.2, 0.25) is 0 Å². The monoisotopic (exact) mass is 319 g/mol. The second-order valence-electron chi connectivity index (χ2n) is 5.93. The number of carbonyl (C=O) groups excluding carboxylic acids is 1. The zero-order chi connectivity index (χ0) is 16.4. The number of aryl methyl sites for hydroxylation is 1. The molecule has 1 atom stereocenters. The highest BCUT2D eigenvalue weighted by Gasteiger charge is 2.27. The third-order valence-corrected chi connectivity index (χ3v) is 4.36. The summed E-state index contributed by atoms with van der Waals surface area (Å²) in [6.45, 7) is 0. The van der Waals surface area contributed by atoms with Crippen molar-refractivity contribution in [3.05, 3.63) is 66.4 Å². The van der Waals surface area contributed by atoms with Gasteiger partial charge in [-0.1, -0.05) is 18.2 Å². The summed E-state index contributed by atoms with van der Waals surface area (Å²) in [6.07, 6.45) is 7.64. The lowest BCUT2D eigenvalue weighted by molar-refractivity contribution is -0.118. The first-order chi connectivity index (χ1) is 11.8. The Morgan fingerprint density at radius 3 is 3.08 bits per heavy atom. The molecule has 1 aliphatic rings. The quantitative estimate of drug-likeness (QED) is 0.797. The summed E-state index contributed by atoms with van der Waals surface area (Å²) in [5.74, 6) is 0.476. The predicted octanol–water partition coefficient (Wildman–Crippen LogP) is 3.80. The summed E-state index contributed by atoms with van der Waals surface area (Å²) in [5, 5.41) is 3.01. The Hall–Kier alpha value is -2.95. The molecule has 0 radical (unpaired) electrons. The number of pyridine rings is 1. The van der Waals surface area contributed by atoms with E-state index in [4.69, 9.17) is 4.42 Å². The van der Waals surface area contributed by atoms with E-state index in [9.17, 15) is 4.79 Å². The van der Waals surface area contributed by atoms with Gasteiger partial charge in [-0.15, -0.1) is 0 Å². The van der Waals surface area contributed by atoms with Crippen LogP contribution >= 0.6 is 0 Å². The standard InChI is InChI=1S/C19H17N3O2/c23-19(16-8-2-4-13-6-3-9-21-18(13)16)22-15-7-1-5-14(10-15)17-11-20-12-24-17/h1,3,5-7,9-12,16H,2,4,8H2,(H,22,23). The summed E-state index contributed by atoms with van der Waals surface area (Å²) in [7, 11) is 0. The summed E-state index contributed by atoms with van der Waals surface area (Å²) in [5.41, 5.74) is 3.72. The van der Waals surface area contributed by atoms with Gasteiger partial charge in [-0.2, -0.15) is 0 Å². The Morgan fingerprint density at radius 2 is 2.21 bits per heavy atom. The number of rotatable bonds is 3. The summed E-state index contributed by atoms with van der Waals surface area (Å²) in [4.78, 5) is 21.1. The predicted molar refractivity (Wildman–Crippen MR) is 90.5 cm³/mol. The molecule has 1 aromatic carbocycles. The first-order valence-electron chi connectivity index (χ1n) is 8.05. The first kappa shape index (κ1) is 14.6. The number of anilines is 1. The maximum absolute atomic E-state index is 12.7. The molecule has 1 aliphatic carbocycles. The third-order valence-electron chi connectivity index (χ3n) is 4.36. The minimum Gasteiger partial charge on any atom is -0.444 e. The maximum Gasteiger partial charge on any atom is 0.233 e. The highest BCUT2D eigenvalue weighted by Crippen LogP contribution is 2.31. The Labute approximate surface area is 139 Å². The summed E-state index contributed by atoms with van der Waals surface area (Å²) < 4.78 is 5.31. The molecular weight excluding hydrogens is 302 g/mol. The van der Waals surface area contributed by atoms with E-state index in [1.165, 1.54) is 12.0 Å². The maximum atomic E-state index is 12.7. The zero-order valence-electron chi connectivity index (χ0n) is 13.1. The third kappa shape index (κ3) is 2.80. The van der Waals surface area contributed by atoms with E-state index in [1.807, 2.05) is 30.3 Å². The van der Waals surface area contributed by atoms with Crippen molar-refractivity contribution in [2.75, 3.05) is 5.32 Å². The highest BCUT2D eigenvalue weighted by molar-refractivity contribution is 5.96. The van der Waals surface area contributed by atoms with Crippen LogP contribution in [0.3, 0.4) is 0 Å². The lowest BCUT2D eigenvalue weighted by Gasteiger charge is -2.23. The van der Waals surface area contributed by atoms with Crippen LogP contribution in [-0.4, -0.2) is 15.9 Å². The van der Waals surface area contributed by atoms with E-state index < -0.39 is 0 Å². The van der Waals surface area contributed by atoms with Gasteiger partial charge in [0, 0.05) is 17.4 Å². The number of hydrogen-bond donors (Lipinski definition) is 1. The fraction of sp³-hybridized carbons (Fsp3) is 0.211. The van der Waals surface area contributed by atoms with Crippen molar-refractivity contribution in [1.29, 1.82) is 0 Å². The molecule has 0 fully saturated rings. The Balaban J connectivity index is 1.56. The van der Waals surface area contributed by atoms with Gasteiger partial charge in [-0.3, -0.25) is 9.78 Å². The Kier molecular flexibility index (Phi) is 3.83. The lowest BCUT2D eigenvalue weighted by atomic mass is 9.86. The minimum absolute atomic E-state index is 0.00984. The molecule has 3 aromatic rings. The molecule has 0 spiro atoms. The number of hydrogen-bond acceptors (Lipinski definition) is 4. The van der Waals surface area contributed by atoms with E-state index >= 15 is 0 Å². The first-order valence-corrected chi connectivity index (χ1v) is 8.05. The van der Waals surface area contributed by atoms with Gasteiger partial charge in [-0.05, 0) is 43.0 Å². The van der Waals surface area contributed by atoms with Gasteiger partial charge in [-0.25, -0.2) is 4.98 Å². The van der Waals surface area contributed by atoms with Crippen molar-refractivity contribution >= 4 is 11.6 Å². The molecule has 2 heterocycles. The number of nitrogens with zero attached hydrogens (tertiary/aromatic N) is 2. The zero-order valence-corrected chi connectivity index (χ0v) is 13.1. The second-order valence-corrected chi connectivity index (χ2v) is 5.93. The van der Waals surface area contributed by atoms with Crippen LogP contribution in [0.5, 0.6) is 0 Å². The van der Waals surface area contributed by atoms with Gasteiger partial charge < -0.3 is 9.73 Å². The molecule has 5 nitrogen and oxygen atoms in total. The molecule has 2 aromatic heterocycles. The number of amides is 1. The van der Waals surface area contributed by atoms with E-state index in [-0.39, 0.29) is 11.8 Å². The van der Waals surface area contributed by atoms with E-state index in [0.29, 0.717) is 5.76 Å². The number of carbonyl (C=O) groups is 1. The average Bonchev–Trinajstić information content (AvgIpc) is 3.16. The molecule has 1 unspecified atom stereocenters. The molecule has 1 N–H and O–H groups in total. The van der Waals surface area contributed by atoms with Gasteiger partial charge in [0.05, 0.1) is 17.8 Å². The molecular formula is C19H17N3O2. The SMILES string of the molecule is O=C(Nc1cccc(-c2cnco2)c1)C1CCCc2cccnc21. The fourth-order valence-electron chi connectivity index (χ4n) is 3.20. The lowest BCUT2D eigenvalue weighted by Crippen LogP contribution is -2.25. The smallest absolute Gasteiger partial charge is 0.233 e. The minimum atomic E-state index is -0.191. The molecule has 120 valence electrons. The molecule has 0 saturated carbocycles. The average molecular weight is 319 g/mol. The fourth-order valence-corrected chi connectivity index (χ4v) is 3.20. The number of nitrogens with one attached hydrogen (secondary N) is 1. The van der Waals surface area contributed by atoms with Crippen LogP contribution in [-0.2, 0) is 11.2 Å². The highest BCUT2D eigenvalue weighted by atomic mass is 16.3. The van der Waals surface area contributed by atoms with Gasteiger partial charge in [0.25, 0.3) is 0 Å². The number of fused-ring (bicyclic) bond motifs is 1. The largest absolute Gasteiger partial charge is 0.444 e. The Bertz CT molecular complexity index is 859. The van der Waals surface area contributed by atoms with Crippen molar-refractivity contribution < 1.29 is 9.21 Å². The Morgan fingerprint density at radius 1 is 1.25 bits per heavy atom. The van der Waals surface area contributed by atoms with E-state index in [2.05, 4.69) is 21.4 Å². The molecule has 0 saturated heterocycles. The molecule has 0 bridgehead atoms. The van der Waals surface area contributed by atoms with Crippen molar-refractivity contribution in [2.24, 2.45) is 0 Å². The molecule has 5 heteroatoms. The van der Waals surface area contributed by atoms with Gasteiger partial charge in [0.1, 0.15) is 0 Å².